The Hall–Kier alpha value is -3.10. The third kappa shape index (κ3) is 5.28. The molecule has 35 heavy (non-hydrogen) atoms. The molecule has 0 amide bonds. The summed E-state index contributed by atoms with van der Waals surface area (Å²) in [4.78, 5) is 13.3. The number of carbonyl (C=O) groups excluding carboxylic acids is 1. The molecule has 3 aromatic carbocycles. The molecule has 0 radical (unpaired) electrons. The predicted octanol–water partition coefficient (Wildman–Crippen LogP) is 4.61. The monoisotopic (exact) mass is 500 g/mol. The van der Waals surface area contributed by atoms with Gasteiger partial charge in [-0.15, -0.1) is 8.78 Å². The van der Waals surface area contributed by atoms with Gasteiger partial charge in [0.25, 0.3) is 0 Å². The maximum absolute atomic E-state index is 13.4. The average molecular weight is 501 g/mol. The largest absolute Gasteiger partial charge is 0.586 e. The van der Waals surface area contributed by atoms with Crippen molar-refractivity contribution in [1.29, 1.82) is 0 Å². The summed E-state index contributed by atoms with van der Waals surface area (Å²) >= 11 is 0. The molecule has 3 aromatic rings. The van der Waals surface area contributed by atoms with Gasteiger partial charge in [0.1, 0.15) is 5.78 Å². The van der Waals surface area contributed by atoms with Gasteiger partial charge in [0.15, 0.2) is 11.5 Å². The molecule has 1 fully saturated rings. The first-order valence-corrected chi connectivity index (χ1v) is 12.9. The van der Waals surface area contributed by atoms with Gasteiger partial charge in [-0.1, -0.05) is 54.6 Å². The molecule has 184 valence electrons. The lowest BCUT2D eigenvalue weighted by Crippen LogP contribution is -2.26. The average Bonchev–Trinajstić information content (AvgIpc) is 3.55. The number of fused-ring (bicyclic) bond motifs is 1. The standard InChI is InChI=1S/C27H24F2O4S.H2O/c1-34(31)14-11-18-5-7-20(8-6-18)21-4-2-3-19(15-21)16-25(30)26(12-13-26)22-9-10-23-24(17-22)33-27(28,29)32-23;/h2-10,15,17H,11-14,16H2,1H3;1H2. The number of carbonyl (C=O) groups is 1. The molecule has 1 saturated carbocycles. The summed E-state index contributed by atoms with van der Waals surface area (Å²) < 4.78 is 47.1. The van der Waals surface area contributed by atoms with Gasteiger partial charge in [0, 0.05) is 29.2 Å². The van der Waals surface area contributed by atoms with Crippen LogP contribution in [0, 0.1) is 0 Å². The lowest BCUT2D eigenvalue weighted by atomic mass is 9.87. The first-order valence-electron chi connectivity index (χ1n) is 11.2. The second-order valence-electron chi connectivity index (χ2n) is 8.94. The Morgan fingerprint density at radius 3 is 2.31 bits per heavy atom. The molecular weight excluding hydrogens is 474 g/mol. The van der Waals surface area contributed by atoms with Crippen LogP contribution in [0.1, 0.15) is 29.5 Å². The van der Waals surface area contributed by atoms with Gasteiger partial charge in [-0.25, -0.2) is 0 Å². The summed E-state index contributed by atoms with van der Waals surface area (Å²) in [6.07, 6.45) is 0.445. The summed E-state index contributed by atoms with van der Waals surface area (Å²) in [5.74, 6) is 0.666. The van der Waals surface area contributed by atoms with Crippen LogP contribution in [0.5, 0.6) is 11.5 Å². The van der Waals surface area contributed by atoms with Gasteiger partial charge in [-0.2, -0.15) is 0 Å². The SMILES string of the molecule is CS(=O)CCc1ccc(-c2cccc(CC(=O)C3(c4ccc5c(c4)OC(F)(F)O5)CC3)c2)cc1.O. The highest BCUT2D eigenvalue weighted by atomic mass is 32.2. The lowest BCUT2D eigenvalue weighted by Gasteiger charge is -2.15. The van der Waals surface area contributed by atoms with Crippen LogP contribution < -0.4 is 9.47 Å². The van der Waals surface area contributed by atoms with E-state index in [1.807, 2.05) is 48.5 Å². The molecule has 5 rings (SSSR count). The fourth-order valence-corrected chi connectivity index (χ4v) is 4.96. The van der Waals surface area contributed by atoms with E-state index >= 15 is 0 Å². The highest BCUT2D eigenvalue weighted by molar-refractivity contribution is 7.84. The maximum Gasteiger partial charge on any atom is 0.586 e. The van der Waals surface area contributed by atoms with Crippen molar-refractivity contribution >= 4 is 16.6 Å². The number of hydrogen-bond donors (Lipinski definition) is 0. The summed E-state index contributed by atoms with van der Waals surface area (Å²) in [5, 5.41) is 0. The number of benzene rings is 3. The molecule has 0 saturated heterocycles. The van der Waals surface area contributed by atoms with E-state index in [1.165, 1.54) is 12.1 Å². The van der Waals surface area contributed by atoms with E-state index in [2.05, 4.69) is 9.47 Å². The normalized spacial score (nSPS) is 17.3. The molecule has 2 N–H and O–H groups in total. The zero-order valence-corrected chi connectivity index (χ0v) is 20.0. The fourth-order valence-electron chi connectivity index (χ4n) is 4.44. The Morgan fingerprint density at radius 1 is 0.914 bits per heavy atom. The zero-order valence-electron chi connectivity index (χ0n) is 19.2. The second kappa shape index (κ2) is 9.51. The van der Waals surface area contributed by atoms with Crippen molar-refractivity contribution in [1.82, 2.24) is 0 Å². The van der Waals surface area contributed by atoms with E-state index in [-0.39, 0.29) is 29.2 Å². The van der Waals surface area contributed by atoms with Crippen LogP contribution in [0.25, 0.3) is 11.1 Å². The topological polar surface area (TPSA) is 84.1 Å². The molecular formula is C27H26F2O5S. The van der Waals surface area contributed by atoms with Crippen molar-refractivity contribution in [3.63, 3.8) is 0 Å². The van der Waals surface area contributed by atoms with Crippen molar-refractivity contribution in [2.45, 2.75) is 37.4 Å². The molecule has 1 atom stereocenters. The second-order valence-corrected chi connectivity index (χ2v) is 10.5. The van der Waals surface area contributed by atoms with E-state index in [0.29, 0.717) is 24.2 Å². The van der Waals surface area contributed by atoms with E-state index in [4.69, 9.17) is 0 Å². The molecule has 1 aliphatic carbocycles. The van der Waals surface area contributed by atoms with Crippen molar-refractivity contribution < 1.29 is 32.7 Å². The number of aryl methyl sites for hydroxylation is 1. The molecule has 1 unspecified atom stereocenters. The van der Waals surface area contributed by atoms with E-state index in [0.717, 1.165) is 28.7 Å². The van der Waals surface area contributed by atoms with Crippen LogP contribution in [0.2, 0.25) is 0 Å². The number of alkyl halides is 2. The summed E-state index contributed by atoms with van der Waals surface area (Å²) in [7, 11) is -0.815. The van der Waals surface area contributed by atoms with E-state index in [9.17, 15) is 17.8 Å². The molecule has 0 spiro atoms. The van der Waals surface area contributed by atoms with Crippen molar-refractivity contribution in [3.8, 4) is 22.6 Å². The maximum atomic E-state index is 13.4. The van der Waals surface area contributed by atoms with Gasteiger partial charge in [-0.05, 0) is 59.2 Å². The van der Waals surface area contributed by atoms with Crippen LogP contribution in [-0.4, -0.2) is 33.8 Å². The van der Waals surface area contributed by atoms with Gasteiger partial charge >= 0.3 is 6.29 Å². The van der Waals surface area contributed by atoms with E-state index in [1.54, 1.807) is 12.3 Å². The number of ether oxygens (including phenoxy) is 2. The molecule has 8 heteroatoms. The van der Waals surface area contributed by atoms with Crippen LogP contribution in [-0.2, 0) is 33.9 Å². The molecule has 0 bridgehead atoms. The minimum Gasteiger partial charge on any atom is -0.412 e. The summed E-state index contributed by atoms with van der Waals surface area (Å²) in [5.41, 5.74) is 4.15. The van der Waals surface area contributed by atoms with Gasteiger partial charge in [0.2, 0.25) is 0 Å². The Bertz CT molecular complexity index is 1270. The van der Waals surface area contributed by atoms with Gasteiger partial charge in [-0.3, -0.25) is 9.00 Å². The lowest BCUT2D eigenvalue weighted by molar-refractivity contribution is -0.286. The first kappa shape index (κ1) is 25.0. The predicted molar refractivity (Wildman–Crippen MR) is 130 cm³/mol. The van der Waals surface area contributed by atoms with Gasteiger partial charge in [0.05, 0.1) is 5.41 Å². The Kier molecular flexibility index (Phi) is 6.79. The van der Waals surface area contributed by atoms with Crippen molar-refractivity contribution in [2.75, 3.05) is 12.0 Å². The third-order valence-electron chi connectivity index (χ3n) is 6.49. The van der Waals surface area contributed by atoms with Crippen LogP contribution in [0.15, 0.2) is 66.7 Å². The Balaban J connectivity index is 0.00000289. The van der Waals surface area contributed by atoms with Gasteiger partial charge < -0.3 is 14.9 Å². The molecule has 2 aliphatic rings. The van der Waals surface area contributed by atoms with Crippen LogP contribution >= 0.6 is 0 Å². The molecule has 1 heterocycles. The van der Waals surface area contributed by atoms with Crippen molar-refractivity contribution in [3.05, 3.63) is 83.4 Å². The Morgan fingerprint density at radius 2 is 1.63 bits per heavy atom. The summed E-state index contributed by atoms with van der Waals surface area (Å²) in [6, 6.07) is 20.7. The van der Waals surface area contributed by atoms with E-state index < -0.39 is 22.5 Å². The molecule has 5 nitrogen and oxygen atoms in total. The smallest absolute Gasteiger partial charge is 0.412 e. The minimum atomic E-state index is -3.67. The minimum absolute atomic E-state index is 0. The molecule has 0 aromatic heterocycles. The zero-order chi connectivity index (χ0) is 23.9. The quantitative estimate of drug-likeness (QED) is 0.452. The fraction of sp³-hybridized carbons (Fsp3) is 0.296. The number of ketones is 1. The molecule has 1 aliphatic heterocycles. The number of hydrogen-bond acceptors (Lipinski definition) is 4. The number of rotatable bonds is 8. The highest BCUT2D eigenvalue weighted by Crippen LogP contribution is 2.52. The number of halogens is 2. The van der Waals surface area contributed by atoms with Crippen molar-refractivity contribution in [2.24, 2.45) is 0 Å². The third-order valence-corrected chi connectivity index (χ3v) is 7.27. The Labute approximate surface area is 204 Å². The first-order chi connectivity index (χ1) is 16.2. The summed E-state index contributed by atoms with van der Waals surface area (Å²) in [6.45, 7) is 0. The highest BCUT2D eigenvalue weighted by Gasteiger charge is 2.52. The number of Topliss-reactive ketones (excluding diaryl/α,β-unsaturated/α-hetero) is 1. The van der Waals surface area contributed by atoms with Crippen LogP contribution in [0.3, 0.4) is 0 Å². The van der Waals surface area contributed by atoms with Crippen LogP contribution in [0.4, 0.5) is 8.78 Å².